The van der Waals surface area contributed by atoms with Gasteiger partial charge < -0.3 is 20.0 Å². The Hall–Kier alpha value is -3.83. The SMILES string of the molecule is CCNCCN(Cc1ccc(-c2ccc(Cl)cc2)cc1)C(=O)CN1C=CC(=O)N(Cc2cnn(C)c2)C1SCc1ccc(F)cc1.Cl. The van der Waals surface area contributed by atoms with Crippen LogP contribution in [-0.4, -0.2) is 68.0 Å². The van der Waals surface area contributed by atoms with Gasteiger partial charge in [0.25, 0.3) is 5.91 Å². The number of rotatable bonds is 14. The van der Waals surface area contributed by atoms with Crippen molar-refractivity contribution in [2.75, 3.05) is 26.2 Å². The number of hydrogen-bond acceptors (Lipinski definition) is 6. The second-order valence-electron chi connectivity index (χ2n) is 11.1. The number of hydrogen-bond donors (Lipinski definition) is 1. The molecule has 12 heteroatoms. The minimum absolute atomic E-state index is 0. The van der Waals surface area contributed by atoms with E-state index in [-0.39, 0.29) is 36.6 Å². The summed E-state index contributed by atoms with van der Waals surface area (Å²) < 4.78 is 15.3. The van der Waals surface area contributed by atoms with E-state index in [0.717, 1.165) is 34.4 Å². The molecule has 248 valence electrons. The minimum Gasteiger partial charge on any atom is -0.339 e. The third-order valence-electron chi connectivity index (χ3n) is 7.65. The van der Waals surface area contributed by atoms with E-state index in [0.29, 0.717) is 37.0 Å². The van der Waals surface area contributed by atoms with Crippen molar-refractivity contribution in [1.29, 1.82) is 0 Å². The first-order chi connectivity index (χ1) is 22.3. The molecule has 0 spiro atoms. The molecule has 0 fully saturated rings. The number of aromatic nitrogens is 2. The van der Waals surface area contributed by atoms with Crippen molar-refractivity contribution in [2.45, 2.75) is 31.3 Å². The molecule has 3 aromatic carbocycles. The second kappa shape index (κ2) is 17.4. The predicted octanol–water partition coefficient (Wildman–Crippen LogP) is 6.31. The molecule has 1 aliphatic rings. The highest BCUT2D eigenvalue weighted by atomic mass is 35.5. The molecule has 4 aromatic rings. The van der Waals surface area contributed by atoms with Crippen LogP contribution in [0, 0.1) is 5.82 Å². The average molecular weight is 698 g/mol. The molecule has 8 nitrogen and oxygen atoms in total. The van der Waals surface area contributed by atoms with E-state index in [2.05, 4.69) is 22.5 Å². The lowest BCUT2D eigenvalue weighted by atomic mass is 10.0. The molecule has 1 unspecified atom stereocenters. The van der Waals surface area contributed by atoms with Crippen LogP contribution in [0.15, 0.2) is 97.5 Å². The fourth-order valence-corrected chi connectivity index (χ4v) is 6.55. The number of benzene rings is 3. The van der Waals surface area contributed by atoms with Crippen molar-refractivity contribution in [1.82, 2.24) is 29.8 Å². The van der Waals surface area contributed by atoms with Crippen LogP contribution in [0.4, 0.5) is 4.39 Å². The number of halogens is 3. The molecule has 0 radical (unpaired) electrons. The molecule has 2 amide bonds. The molecule has 5 rings (SSSR count). The maximum atomic E-state index is 14.0. The Labute approximate surface area is 291 Å². The Morgan fingerprint density at radius 1 is 1.00 bits per heavy atom. The van der Waals surface area contributed by atoms with Crippen LogP contribution in [0.2, 0.25) is 5.02 Å². The Bertz CT molecular complexity index is 1630. The van der Waals surface area contributed by atoms with E-state index < -0.39 is 5.50 Å². The molecule has 2 heterocycles. The summed E-state index contributed by atoms with van der Waals surface area (Å²) >= 11 is 7.58. The number of nitrogens with zero attached hydrogens (tertiary/aromatic N) is 5. The highest BCUT2D eigenvalue weighted by molar-refractivity contribution is 7.99. The molecule has 1 aliphatic heterocycles. The van der Waals surface area contributed by atoms with Crippen LogP contribution in [-0.2, 0) is 35.5 Å². The summed E-state index contributed by atoms with van der Waals surface area (Å²) in [4.78, 5) is 32.7. The van der Waals surface area contributed by atoms with Crippen molar-refractivity contribution >= 4 is 47.6 Å². The Morgan fingerprint density at radius 3 is 2.30 bits per heavy atom. The third-order valence-corrected chi connectivity index (χ3v) is 9.22. The van der Waals surface area contributed by atoms with Crippen molar-refractivity contribution in [3.05, 3.63) is 125 Å². The number of carbonyl (C=O) groups is 2. The average Bonchev–Trinajstić information content (AvgIpc) is 3.47. The molecule has 1 aromatic heterocycles. The van der Waals surface area contributed by atoms with E-state index in [1.807, 2.05) is 66.4 Å². The topological polar surface area (TPSA) is 73.7 Å². The number of likely N-dealkylation sites (N-methyl/N-ethyl adjacent to an activating group) is 1. The minimum atomic E-state index is -0.457. The number of aryl methyl sites for hydroxylation is 1. The van der Waals surface area contributed by atoms with Gasteiger partial charge in [-0.15, -0.1) is 24.2 Å². The summed E-state index contributed by atoms with van der Waals surface area (Å²) in [5.74, 6) is 0.0401. The molecule has 1 N–H and O–H groups in total. The van der Waals surface area contributed by atoms with Crippen molar-refractivity contribution < 1.29 is 14.0 Å². The zero-order chi connectivity index (χ0) is 32.5. The highest BCUT2D eigenvalue weighted by Gasteiger charge is 2.33. The summed E-state index contributed by atoms with van der Waals surface area (Å²) in [5, 5.41) is 8.28. The van der Waals surface area contributed by atoms with E-state index in [4.69, 9.17) is 11.6 Å². The molecule has 47 heavy (non-hydrogen) atoms. The van der Waals surface area contributed by atoms with Crippen LogP contribution in [0.1, 0.15) is 23.6 Å². The third kappa shape index (κ3) is 10.1. The van der Waals surface area contributed by atoms with Crippen LogP contribution < -0.4 is 5.32 Å². The van der Waals surface area contributed by atoms with Gasteiger partial charge in [0, 0.05) is 61.5 Å². The van der Waals surface area contributed by atoms with Crippen LogP contribution in [0.25, 0.3) is 11.1 Å². The standard InChI is InChI=1S/C35H38ClFN6O2S.ClH/c1-3-38-17-19-41(22-26-4-8-29(9-5-26)30-10-12-31(36)13-11-30)34(45)24-42-18-16-33(44)43(23-28-20-39-40(2)21-28)35(42)46-25-27-6-14-32(37)15-7-27;/h4-16,18,20-21,35,38H,3,17,19,22-25H2,1-2H3;1H. The van der Waals surface area contributed by atoms with Crippen LogP contribution in [0.3, 0.4) is 0 Å². The van der Waals surface area contributed by atoms with Gasteiger partial charge >= 0.3 is 0 Å². The number of thioether (sulfide) groups is 1. The number of amides is 2. The van der Waals surface area contributed by atoms with Gasteiger partial charge in [-0.3, -0.25) is 14.3 Å². The molecular weight excluding hydrogens is 658 g/mol. The first-order valence-corrected chi connectivity index (χ1v) is 16.6. The Morgan fingerprint density at radius 2 is 1.66 bits per heavy atom. The molecular formula is C35H39Cl2FN6O2S. The van der Waals surface area contributed by atoms with Crippen molar-refractivity contribution in [3.63, 3.8) is 0 Å². The largest absolute Gasteiger partial charge is 0.339 e. The lowest BCUT2D eigenvalue weighted by Gasteiger charge is -2.41. The van der Waals surface area contributed by atoms with Gasteiger partial charge in [-0.25, -0.2) is 4.39 Å². The number of nitrogens with one attached hydrogen (secondary N) is 1. The summed E-state index contributed by atoms with van der Waals surface area (Å²) in [6, 6.07) is 22.3. The molecule has 1 atom stereocenters. The van der Waals surface area contributed by atoms with Gasteiger partial charge in [0.1, 0.15) is 5.82 Å². The summed E-state index contributed by atoms with van der Waals surface area (Å²) in [6.07, 6.45) is 6.84. The normalized spacial score (nSPS) is 14.3. The van der Waals surface area contributed by atoms with Crippen molar-refractivity contribution in [3.8, 4) is 11.1 Å². The summed E-state index contributed by atoms with van der Waals surface area (Å²) in [6.45, 7) is 4.92. The fraction of sp³-hybridized carbons (Fsp3) is 0.286. The van der Waals surface area contributed by atoms with E-state index in [1.165, 1.54) is 30.0 Å². The fourth-order valence-electron chi connectivity index (χ4n) is 5.20. The predicted molar refractivity (Wildman–Crippen MR) is 189 cm³/mol. The molecule has 0 saturated heterocycles. The maximum Gasteiger partial charge on any atom is 0.250 e. The maximum absolute atomic E-state index is 14.0. The summed E-state index contributed by atoms with van der Waals surface area (Å²) in [5.41, 5.74) is 4.52. The smallest absolute Gasteiger partial charge is 0.250 e. The Balaban J connectivity index is 0.00000500. The van der Waals surface area contributed by atoms with E-state index >= 15 is 0 Å². The van der Waals surface area contributed by atoms with Gasteiger partial charge in [-0.2, -0.15) is 5.10 Å². The first kappa shape index (κ1) is 36.0. The van der Waals surface area contributed by atoms with Crippen molar-refractivity contribution in [2.24, 2.45) is 7.05 Å². The molecule has 0 saturated carbocycles. The van der Waals surface area contributed by atoms with Gasteiger partial charge in [0.15, 0.2) is 5.50 Å². The lowest BCUT2D eigenvalue weighted by molar-refractivity contribution is -0.137. The van der Waals surface area contributed by atoms with Gasteiger partial charge in [0.05, 0.1) is 19.3 Å². The lowest BCUT2D eigenvalue weighted by Crippen LogP contribution is -2.52. The van der Waals surface area contributed by atoms with E-state index in [9.17, 15) is 14.0 Å². The monoisotopic (exact) mass is 696 g/mol. The zero-order valence-corrected chi connectivity index (χ0v) is 28.8. The van der Waals surface area contributed by atoms with Gasteiger partial charge in [-0.05, 0) is 53.1 Å². The number of carbonyl (C=O) groups excluding carboxylic acids is 2. The molecule has 0 aliphatic carbocycles. The van der Waals surface area contributed by atoms with Crippen LogP contribution >= 0.6 is 35.8 Å². The quantitative estimate of drug-likeness (QED) is 0.156. The first-order valence-electron chi connectivity index (χ1n) is 15.2. The zero-order valence-electron chi connectivity index (χ0n) is 26.4. The highest BCUT2D eigenvalue weighted by Crippen LogP contribution is 2.29. The van der Waals surface area contributed by atoms with E-state index in [1.54, 1.807) is 34.1 Å². The Kier molecular flexibility index (Phi) is 13.3. The van der Waals surface area contributed by atoms with Gasteiger partial charge in [-0.1, -0.05) is 67.1 Å². The van der Waals surface area contributed by atoms with Crippen LogP contribution in [0.5, 0.6) is 0 Å². The second-order valence-corrected chi connectivity index (χ2v) is 12.6. The molecule has 0 bridgehead atoms. The summed E-state index contributed by atoms with van der Waals surface area (Å²) in [7, 11) is 1.83. The van der Waals surface area contributed by atoms with Gasteiger partial charge in [0.2, 0.25) is 5.91 Å².